The number of rotatable bonds is 1. The second-order valence-corrected chi connectivity index (χ2v) is 1.52. The van der Waals surface area contributed by atoms with Crippen molar-refractivity contribution in [3.8, 4) is 5.88 Å². The number of primary amides is 1. The smallest absolute Gasteiger partial charge is 0.333 e. The van der Waals surface area contributed by atoms with Crippen LogP contribution < -0.4 is 10.7 Å². The maximum absolute atomic E-state index is 10.3. The molecule has 0 saturated carbocycles. The number of aromatic amines is 2. The first-order valence-electron chi connectivity index (χ1n) is 2.29. The normalized spacial score (nSPS) is 9.33. The van der Waals surface area contributed by atoms with Crippen molar-refractivity contribution in [2.24, 2.45) is 5.73 Å². The molecule has 5 N–H and O–H groups in total. The van der Waals surface area contributed by atoms with E-state index in [0.29, 0.717) is 0 Å². The van der Waals surface area contributed by atoms with E-state index in [1.807, 2.05) is 0 Å². The summed E-state index contributed by atoms with van der Waals surface area (Å²) in [5, 5.41) is 8.73. The molecular formula is C4H6N3O2+. The van der Waals surface area contributed by atoms with Crippen LogP contribution in [0.25, 0.3) is 0 Å². The zero-order chi connectivity index (χ0) is 6.85. The molecule has 0 atom stereocenters. The fraction of sp³-hybridized carbons (Fsp3) is 0. The summed E-state index contributed by atoms with van der Waals surface area (Å²) in [6, 6.07) is 0. The third-order valence-corrected chi connectivity index (χ3v) is 0.909. The average Bonchev–Trinajstić information content (AvgIpc) is 2.13. The van der Waals surface area contributed by atoms with Gasteiger partial charge in [-0.05, 0) is 0 Å². The predicted octanol–water partition coefficient (Wildman–Crippen LogP) is -1.37. The van der Waals surface area contributed by atoms with Gasteiger partial charge in [-0.3, -0.25) is 4.79 Å². The SMILES string of the molecule is NC(=O)c1[nH]c[nH+]c1O. The van der Waals surface area contributed by atoms with Gasteiger partial charge >= 0.3 is 5.88 Å². The highest BCUT2D eigenvalue weighted by Crippen LogP contribution is 2.02. The maximum atomic E-state index is 10.3. The molecule has 1 rings (SSSR count). The van der Waals surface area contributed by atoms with E-state index in [9.17, 15) is 4.79 Å². The summed E-state index contributed by atoms with van der Waals surface area (Å²) in [6.45, 7) is 0. The summed E-state index contributed by atoms with van der Waals surface area (Å²) in [5.74, 6) is -0.920. The van der Waals surface area contributed by atoms with Crippen molar-refractivity contribution in [2.45, 2.75) is 0 Å². The summed E-state index contributed by atoms with van der Waals surface area (Å²) >= 11 is 0. The van der Waals surface area contributed by atoms with Crippen molar-refractivity contribution >= 4 is 5.91 Å². The molecule has 5 nitrogen and oxygen atoms in total. The lowest BCUT2D eigenvalue weighted by Gasteiger charge is -1.79. The summed E-state index contributed by atoms with van der Waals surface area (Å²) < 4.78 is 0. The highest BCUT2D eigenvalue weighted by atomic mass is 16.3. The van der Waals surface area contributed by atoms with Gasteiger partial charge in [0.1, 0.15) is 0 Å². The average molecular weight is 128 g/mol. The summed E-state index contributed by atoms with van der Waals surface area (Å²) in [6.07, 6.45) is 1.31. The Hall–Kier alpha value is -1.52. The van der Waals surface area contributed by atoms with Crippen molar-refractivity contribution in [3.63, 3.8) is 0 Å². The number of H-pyrrole nitrogens is 2. The molecule has 0 saturated heterocycles. The first-order chi connectivity index (χ1) is 4.22. The zero-order valence-corrected chi connectivity index (χ0v) is 4.51. The predicted molar refractivity (Wildman–Crippen MR) is 27.5 cm³/mol. The molecule has 1 amide bonds. The Morgan fingerprint density at radius 2 is 2.56 bits per heavy atom. The van der Waals surface area contributed by atoms with Crippen LogP contribution in [0.3, 0.4) is 0 Å². The van der Waals surface area contributed by atoms with Crippen LogP contribution in [0.2, 0.25) is 0 Å². The van der Waals surface area contributed by atoms with Crippen LogP contribution in [-0.2, 0) is 0 Å². The minimum atomic E-state index is -0.686. The molecule has 0 radical (unpaired) electrons. The second kappa shape index (κ2) is 1.77. The second-order valence-electron chi connectivity index (χ2n) is 1.52. The monoisotopic (exact) mass is 128 g/mol. The minimum Gasteiger partial charge on any atom is -0.475 e. The van der Waals surface area contributed by atoms with Gasteiger partial charge in [-0.1, -0.05) is 0 Å². The summed E-state index contributed by atoms with van der Waals surface area (Å²) in [5.41, 5.74) is 4.80. The molecule has 0 aliphatic rings. The summed E-state index contributed by atoms with van der Waals surface area (Å²) in [4.78, 5) is 15.1. The molecule has 0 aliphatic carbocycles. The molecule has 9 heavy (non-hydrogen) atoms. The van der Waals surface area contributed by atoms with Crippen LogP contribution in [0.1, 0.15) is 10.5 Å². The van der Waals surface area contributed by atoms with E-state index in [-0.39, 0.29) is 11.6 Å². The molecule has 0 aliphatic heterocycles. The molecule has 48 valence electrons. The molecule has 1 heterocycles. The summed E-state index contributed by atoms with van der Waals surface area (Å²) in [7, 11) is 0. The first kappa shape index (κ1) is 5.61. The number of carbonyl (C=O) groups is 1. The van der Waals surface area contributed by atoms with Crippen LogP contribution in [0.15, 0.2) is 6.33 Å². The van der Waals surface area contributed by atoms with Gasteiger partial charge in [-0.2, -0.15) is 0 Å². The molecule has 1 aromatic rings. The topological polar surface area (TPSA) is 93.3 Å². The van der Waals surface area contributed by atoms with Crippen molar-refractivity contribution in [3.05, 3.63) is 12.0 Å². The van der Waals surface area contributed by atoms with Gasteiger partial charge in [0.05, 0.1) is 0 Å². The number of hydrogen-bond donors (Lipinski definition) is 3. The number of aromatic hydroxyl groups is 1. The van der Waals surface area contributed by atoms with E-state index < -0.39 is 5.91 Å². The Labute approximate surface area is 50.5 Å². The van der Waals surface area contributed by atoms with Gasteiger partial charge < -0.3 is 10.8 Å². The lowest BCUT2D eigenvalue weighted by molar-refractivity contribution is -0.391. The van der Waals surface area contributed by atoms with Crippen molar-refractivity contribution in [2.75, 3.05) is 0 Å². The Balaban J connectivity index is 3.08. The van der Waals surface area contributed by atoms with Crippen LogP contribution >= 0.6 is 0 Å². The lowest BCUT2D eigenvalue weighted by atomic mass is 10.4. The van der Waals surface area contributed by atoms with E-state index in [1.54, 1.807) is 0 Å². The van der Waals surface area contributed by atoms with Gasteiger partial charge in [0, 0.05) is 0 Å². The van der Waals surface area contributed by atoms with E-state index in [4.69, 9.17) is 10.8 Å². The molecule has 5 heteroatoms. The molecule has 0 spiro atoms. The fourth-order valence-electron chi connectivity index (χ4n) is 0.505. The lowest BCUT2D eigenvalue weighted by Crippen LogP contribution is -2.12. The molecule has 0 aromatic carbocycles. The third kappa shape index (κ3) is 0.835. The quantitative estimate of drug-likeness (QED) is 0.435. The van der Waals surface area contributed by atoms with Gasteiger partial charge in [-0.15, -0.1) is 0 Å². The first-order valence-corrected chi connectivity index (χ1v) is 2.29. The standard InChI is InChI=1S/C4H5N3O2/c5-3(8)2-4(9)7-1-6-2/h1,9H,(H2,5,8)(H,6,7)/p+1. The van der Waals surface area contributed by atoms with Crippen molar-refractivity contribution in [1.29, 1.82) is 0 Å². The number of imidazole rings is 1. The number of hydrogen-bond acceptors (Lipinski definition) is 2. The fourth-order valence-corrected chi connectivity index (χ4v) is 0.505. The van der Waals surface area contributed by atoms with E-state index >= 15 is 0 Å². The van der Waals surface area contributed by atoms with E-state index in [2.05, 4.69) is 9.97 Å². The maximum Gasteiger partial charge on any atom is 0.333 e. The van der Waals surface area contributed by atoms with Crippen LogP contribution in [0.5, 0.6) is 5.88 Å². The molecule has 0 bridgehead atoms. The Morgan fingerprint density at radius 1 is 1.89 bits per heavy atom. The van der Waals surface area contributed by atoms with Gasteiger partial charge in [0.2, 0.25) is 6.33 Å². The molecule has 0 fully saturated rings. The van der Waals surface area contributed by atoms with E-state index in [0.717, 1.165) is 0 Å². The van der Waals surface area contributed by atoms with Gasteiger partial charge in [0.15, 0.2) is 0 Å². The third-order valence-electron chi connectivity index (χ3n) is 0.909. The minimum absolute atomic E-state index is 0.00463. The molecule has 1 aromatic heterocycles. The van der Waals surface area contributed by atoms with Gasteiger partial charge in [0.25, 0.3) is 11.6 Å². The van der Waals surface area contributed by atoms with Crippen LogP contribution in [0, 0.1) is 0 Å². The Morgan fingerprint density at radius 3 is 2.78 bits per heavy atom. The van der Waals surface area contributed by atoms with Crippen LogP contribution in [-0.4, -0.2) is 16.0 Å². The van der Waals surface area contributed by atoms with Crippen LogP contribution in [0.4, 0.5) is 0 Å². The van der Waals surface area contributed by atoms with E-state index in [1.165, 1.54) is 6.33 Å². The largest absolute Gasteiger partial charge is 0.475 e. The van der Waals surface area contributed by atoms with Crippen molar-refractivity contribution in [1.82, 2.24) is 4.98 Å². The highest BCUT2D eigenvalue weighted by Gasteiger charge is 2.14. The number of nitrogens with two attached hydrogens (primary N) is 1. The number of aromatic nitrogens is 2. The zero-order valence-electron chi connectivity index (χ0n) is 4.51. The Kier molecular flexibility index (Phi) is 1.11. The van der Waals surface area contributed by atoms with Gasteiger partial charge in [-0.25, -0.2) is 9.97 Å². The number of carbonyl (C=O) groups excluding carboxylic acids is 1. The number of nitrogens with one attached hydrogen (secondary N) is 2. The molecule has 0 unspecified atom stereocenters. The highest BCUT2D eigenvalue weighted by molar-refractivity contribution is 5.92. The van der Waals surface area contributed by atoms with Crippen molar-refractivity contribution < 1.29 is 14.9 Å². The number of amides is 1. The molecular weight excluding hydrogens is 122 g/mol. The Bertz CT molecular complexity index is 229.